The van der Waals surface area contributed by atoms with Crippen molar-refractivity contribution in [3.05, 3.63) is 69.4 Å². The molecule has 0 radical (unpaired) electrons. The fourth-order valence-electron chi connectivity index (χ4n) is 6.45. The van der Waals surface area contributed by atoms with Crippen LogP contribution >= 0.6 is 23.2 Å². The zero-order chi connectivity index (χ0) is 31.0. The molecule has 3 fully saturated rings. The molecule has 0 unspecified atom stereocenters. The number of rotatable bonds is 11. The molecule has 2 aliphatic heterocycles. The molecule has 2 aromatic carbocycles. The summed E-state index contributed by atoms with van der Waals surface area (Å²) in [5, 5.41) is 4.98. The Morgan fingerprint density at radius 1 is 1.00 bits per heavy atom. The lowest BCUT2D eigenvalue weighted by atomic mass is 9.98. The third-order valence-corrected chi connectivity index (χ3v) is 10.7. The number of halogens is 2. The van der Waals surface area contributed by atoms with E-state index in [0.717, 1.165) is 44.2 Å². The summed E-state index contributed by atoms with van der Waals surface area (Å²) in [6, 6.07) is 12.5. The van der Waals surface area contributed by atoms with Gasteiger partial charge in [-0.15, -0.1) is 0 Å². The number of ether oxygens (including phenoxy) is 1. The van der Waals surface area contributed by atoms with Crippen LogP contribution in [0.3, 0.4) is 0 Å². The summed E-state index contributed by atoms with van der Waals surface area (Å²) in [6.45, 7) is 1.99. The molecule has 1 saturated carbocycles. The number of hydrogen-bond donors (Lipinski definition) is 1. The number of anilines is 1. The van der Waals surface area contributed by atoms with Crippen LogP contribution in [0.25, 0.3) is 11.3 Å². The number of hydrogen-bond acceptors (Lipinski definition) is 8. The Morgan fingerprint density at radius 3 is 2.27 bits per heavy atom. The van der Waals surface area contributed by atoms with Gasteiger partial charge in [-0.1, -0.05) is 54.2 Å². The van der Waals surface area contributed by atoms with Gasteiger partial charge in [0.2, 0.25) is 10.0 Å². The molecule has 12 heteroatoms. The number of piperidine rings is 1. The molecule has 2 bridgehead atoms. The molecule has 0 spiro atoms. The molecule has 1 aliphatic carbocycles. The van der Waals surface area contributed by atoms with E-state index in [1.54, 1.807) is 30.3 Å². The first-order chi connectivity index (χ1) is 21.1. The molecule has 6 rings (SSSR count). The van der Waals surface area contributed by atoms with Crippen molar-refractivity contribution in [2.75, 3.05) is 10.7 Å². The third-order valence-electron chi connectivity index (χ3n) is 8.73. The summed E-state index contributed by atoms with van der Waals surface area (Å²) in [5.41, 5.74) is 2.32. The summed E-state index contributed by atoms with van der Waals surface area (Å²) in [5.74, 6) is -0.513. The van der Waals surface area contributed by atoms with Gasteiger partial charge in [0.25, 0.3) is 5.91 Å². The van der Waals surface area contributed by atoms with E-state index in [-0.39, 0.29) is 29.9 Å². The van der Waals surface area contributed by atoms with E-state index in [9.17, 15) is 18.0 Å². The number of nitrogens with one attached hydrogen (secondary N) is 1. The number of sulfonamides is 1. The van der Waals surface area contributed by atoms with Gasteiger partial charge in [0.05, 0.1) is 15.8 Å². The quantitative estimate of drug-likeness (QED) is 0.171. The van der Waals surface area contributed by atoms with Gasteiger partial charge in [0.1, 0.15) is 17.4 Å². The van der Waals surface area contributed by atoms with Crippen LogP contribution in [-0.2, 0) is 14.8 Å². The number of esters is 1. The monoisotopic (exact) mass is 659 g/mol. The van der Waals surface area contributed by atoms with Crippen LogP contribution in [0.15, 0.2) is 47.0 Å². The average molecular weight is 661 g/mol. The van der Waals surface area contributed by atoms with Crippen molar-refractivity contribution in [2.24, 2.45) is 0 Å². The third kappa shape index (κ3) is 6.48. The molecule has 3 aromatic rings. The summed E-state index contributed by atoms with van der Waals surface area (Å²) in [4.78, 5) is 28.6. The van der Waals surface area contributed by atoms with E-state index >= 15 is 0 Å². The maximum Gasteiger partial charge on any atom is 0.344 e. The molecular formula is C32H35Cl2N3O6S. The normalized spacial score (nSPS) is 21.3. The van der Waals surface area contributed by atoms with E-state index in [2.05, 4.69) is 14.8 Å². The van der Waals surface area contributed by atoms with Crippen LogP contribution in [0.1, 0.15) is 97.1 Å². The minimum absolute atomic E-state index is 0.0679. The predicted molar refractivity (Wildman–Crippen MR) is 169 cm³/mol. The Hall–Kier alpha value is -3.08. The van der Waals surface area contributed by atoms with Crippen molar-refractivity contribution in [2.45, 2.75) is 88.8 Å². The SMILES string of the molecule is CCCCCS(=O)(=O)NC(=O)c1ccc(N2[C@@H]3CC[C@H]2C[C@@H](OC(=O)c2c(-c4c(Cl)cccc4Cl)noc2C2CC2)C3)cc1. The number of carbonyl (C=O) groups is 2. The Kier molecular flexibility index (Phi) is 8.95. The maximum absolute atomic E-state index is 13.7. The summed E-state index contributed by atoms with van der Waals surface area (Å²) >= 11 is 12.9. The standard InChI is InChI=1S/C32H35Cl2N3O6S/c1-2-3-4-16-44(40,41)36-31(38)20-10-12-21(13-11-20)37-22-14-15-23(37)18-24(17-22)42-32(39)28-29(35-43-30(28)19-8-9-19)27-25(33)6-5-7-26(27)34/h5-7,10-13,19,22-24H,2-4,8-9,14-18H2,1H3,(H,36,38)/t22-,23+,24+. The molecule has 3 aliphatic rings. The first-order valence-corrected chi connectivity index (χ1v) is 17.6. The van der Waals surface area contributed by atoms with Gasteiger partial charge < -0.3 is 14.2 Å². The number of amides is 1. The second-order valence-electron chi connectivity index (χ2n) is 11.9. The van der Waals surface area contributed by atoms with Gasteiger partial charge in [-0.25, -0.2) is 17.9 Å². The van der Waals surface area contributed by atoms with Crippen LogP contribution in [-0.4, -0.2) is 49.4 Å². The second-order valence-corrected chi connectivity index (χ2v) is 14.6. The van der Waals surface area contributed by atoms with Crippen molar-refractivity contribution >= 4 is 50.8 Å². The smallest absolute Gasteiger partial charge is 0.344 e. The molecule has 234 valence electrons. The lowest BCUT2D eigenvalue weighted by molar-refractivity contribution is 0.0202. The highest BCUT2D eigenvalue weighted by molar-refractivity contribution is 7.90. The maximum atomic E-state index is 13.7. The van der Waals surface area contributed by atoms with Gasteiger partial charge in [0.15, 0.2) is 5.76 Å². The molecule has 3 heterocycles. The van der Waals surface area contributed by atoms with Crippen molar-refractivity contribution in [1.82, 2.24) is 9.88 Å². The molecule has 1 aromatic heterocycles. The fourth-order valence-corrected chi connectivity index (χ4v) is 8.12. The predicted octanol–water partition coefficient (Wildman–Crippen LogP) is 7.13. The first-order valence-electron chi connectivity index (χ1n) is 15.2. The Bertz CT molecular complexity index is 1620. The van der Waals surface area contributed by atoms with E-state index in [4.69, 9.17) is 32.5 Å². The number of nitrogens with zero attached hydrogens (tertiary/aromatic N) is 2. The van der Waals surface area contributed by atoms with E-state index in [1.807, 2.05) is 19.1 Å². The van der Waals surface area contributed by atoms with Crippen molar-refractivity contribution in [1.29, 1.82) is 0 Å². The van der Waals surface area contributed by atoms with Gasteiger partial charge in [-0.2, -0.15) is 0 Å². The topological polar surface area (TPSA) is 119 Å². The number of aromatic nitrogens is 1. The van der Waals surface area contributed by atoms with Gasteiger partial charge >= 0.3 is 5.97 Å². The van der Waals surface area contributed by atoms with Crippen LogP contribution in [0, 0.1) is 0 Å². The molecular weight excluding hydrogens is 625 g/mol. The number of carbonyl (C=O) groups excluding carboxylic acids is 2. The van der Waals surface area contributed by atoms with Crippen molar-refractivity contribution < 1.29 is 27.3 Å². The molecule has 44 heavy (non-hydrogen) atoms. The lowest BCUT2D eigenvalue weighted by Crippen LogP contribution is -2.46. The molecule has 1 N–H and O–H groups in total. The van der Waals surface area contributed by atoms with Gasteiger partial charge in [-0.05, 0) is 68.5 Å². The molecule has 1 amide bonds. The van der Waals surface area contributed by atoms with Gasteiger partial charge in [0, 0.05) is 47.7 Å². The van der Waals surface area contributed by atoms with Crippen LogP contribution in [0.2, 0.25) is 10.0 Å². The highest BCUT2D eigenvalue weighted by atomic mass is 35.5. The average Bonchev–Trinajstić information content (AvgIpc) is 3.68. The highest BCUT2D eigenvalue weighted by Crippen LogP contribution is 2.47. The number of fused-ring (bicyclic) bond motifs is 2. The zero-order valence-corrected chi connectivity index (χ0v) is 26.8. The van der Waals surface area contributed by atoms with Crippen LogP contribution < -0.4 is 9.62 Å². The highest BCUT2D eigenvalue weighted by Gasteiger charge is 2.44. The zero-order valence-electron chi connectivity index (χ0n) is 24.4. The van der Waals surface area contributed by atoms with Crippen LogP contribution in [0.5, 0.6) is 0 Å². The van der Waals surface area contributed by atoms with E-state index in [0.29, 0.717) is 57.5 Å². The van der Waals surface area contributed by atoms with Crippen molar-refractivity contribution in [3.63, 3.8) is 0 Å². The van der Waals surface area contributed by atoms with Crippen molar-refractivity contribution in [3.8, 4) is 11.3 Å². The Balaban J connectivity index is 1.13. The Morgan fingerprint density at radius 2 is 1.66 bits per heavy atom. The minimum Gasteiger partial charge on any atom is -0.458 e. The fraction of sp³-hybridized carbons (Fsp3) is 0.469. The first kappa shape index (κ1) is 30.9. The molecule has 9 nitrogen and oxygen atoms in total. The molecule has 2 saturated heterocycles. The second kappa shape index (κ2) is 12.7. The van der Waals surface area contributed by atoms with Gasteiger partial charge in [-0.3, -0.25) is 4.79 Å². The largest absolute Gasteiger partial charge is 0.458 e. The summed E-state index contributed by atoms with van der Waals surface area (Å²) in [6.07, 6.45) is 7.00. The van der Waals surface area contributed by atoms with E-state index < -0.39 is 21.9 Å². The number of benzene rings is 2. The summed E-state index contributed by atoms with van der Waals surface area (Å²) < 4.78 is 38.5. The Labute approximate surface area is 267 Å². The van der Waals surface area contributed by atoms with Crippen LogP contribution in [0.4, 0.5) is 5.69 Å². The molecule has 3 atom stereocenters. The van der Waals surface area contributed by atoms with E-state index in [1.165, 1.54) is 0 Å². The minimum atomic E-state index is -3.67. The summed E-state index contributed by atoms with van der Waals surface area (Å²) in [7, 11) is -3.67. The lowest BCUT2D eigenvalue weighted by Gasteiger charge is -2.40. The number of unbranched alkanes of at least 4 members (excludes halogenated alkanes) is 2.